The lowest BCUT2D eigenvalue weighted by atomic mass is 10.1. The van der Waals surface area contributed by atoms with E-state index in [-0.39, 0.29) is 17.4 Å². The van der Waals surface area contributed by atoms with Crippen molar-refractivity contribution in [1.29, 1.82) is 0 Å². The lowest BCUT2D eigenvalue weighted by Crippen LogP contribution is -2.41. The third-order valence-electron chi connectivity index (χ3n) is 3.75. The summed E-state index contributed by atoms with van der Waals surface area (Å²) in [4.78, 5) is 29.0. The summed E-state index contributed by atoms with van der Waals surface area (Å²) in [5, 5.41) is 3.32. The van der Waals surface area contributed by atoms with Gasteiger partial charge >= 0.3 is 0 Å². The Morgan fingerprint density at radius 2 is 2.10 bits per heavy atom. The molecule has 0 saturated heterocycles. The van der Waals surface area contributed by atoms with Gasteiger partial charge in [0.05, 0.1) is 6.04 Å². The van der Waals surface area contributed by atoms with Gasteiger partial charge in [0.25, 0.3) is 0 Å². The predicted molar refractivity (Wildman–Crippen MR) is 84.3 cm³/mol. The third kappa shape index (κ3) is 3.31. The molecule has 0 aliphatic heterocycles. The van der Waals surface area contributed by atoms with Crippen LogP contribution >= 0.6 is 0 Å². The van der Waals surface area contributed by atoms with Crippen molar-refractivity contribution in [2.45, 2.75) is 26.4 Å². The van der Waals surface area contributed by atoms with Crippen LogP contribution in [0.2, 0.25) is 0 Å². The van der Waals surface area contributed by atoms with Gasteiger partial charge in [-0.3, -0.25) is 14.5 Å². The highest BCUT2D eigenvalue weighted by molar-refractivity contribution is 5.81. The monoisotopic (exact) mass is 287 g/mol. The highest BCUT2D eigenvalue weighted by Gasteiger charge is 2.17. The zero-order chi connectivity index (χ0) is 15.6. The number of aromatic amines is 1. The first-order valence-corrected chi connectivity index (χ1v) is 6.96. The molecule has 1 aromatic carbocycles. The summed E-state index contributed by atoms with van der Waals surface area (Å²) in [6.07, 6.45) is 0. The molecule has 0 fully saturated rings. The maximum Gasteiger partial charge on any atom is 0.236 e. The molecule has 0 bridgehead atoms. The number of rotatable bonds is 4. The Balaban J connectivity index is 2.29. The van der Waals surface area contributed by atoms with Crippen molar-refractivity contribution in [3.05, 3.63) is 45.7 Å². The van der Waals surface area contributed by atoms with E-state index in [1.54, 1.807) is 13.1 Å². The minimum absolute atomic E-state index is 0.00319. The van der Waals surface area contributed by atoms with Gasteiger partial charge in [-0.05, 0) is 33.0 Å². The number of aromatic nitrogens is 1. The third-order valence-corrected chi connectivity index (χ3v) is 3.75. The lowest BCUT2D eigenvalue weighted by Gasteiger charge is -2.23. The maximum atomic E-state index is 12.2. The molecule has 0 saturated carbocycles. The molecular formula is C16H21N3O2. The van der Waals surface area contributed by atoms with Crippen molar-refractivity contribution < 1.29 is 4.79 Å². The van der Waals surface area contributed by atoms with E-state index >= 15 is 0 Å². The Hall–Kier alpha value is -2.14. The van der Waals surface area contributed by atoms with Crippen molar-refractivity contribution in [2.24, 2.45) is 0 Å². The summed E-state index contributed by atoms with van der Waals surface area (Å²) in [7, 11) is 3.48. The van der Waals surface area contributed by atoms with Crippen LogP contribution < -0.4 is 10.7 Å². The zero-order valence-corrected chi connectivity index (χ0v) is 12.9. The van der Waals surface area contributed by atoms with Gasteiger partial charge in [-0.25, -0.2) is 0 Å². The van der Waals surface area contributed by atoms with E-state index in [4.69, 9.17) is 0 Å². The zero-order valence-electron chi connectivity index (χ0n) is 12.9. The van der Waals surface area contributed by atoms with Gasteiger partial charge in [-0.1, -0.05) is 11.6 Å². The molecule has 5 nitrogen and oxygen atoms in total. The minimum Gasteiger partial charge on any atom is -0.358 e. The Morgan fingerprint density at radius 3 is 2.76 bits per heavy atom. The first-order valence-electron chi connectivity index (χ1n) is 6.96. The number of fused-ring (bicyclic) bond motifs is 1. The summed E-state index contributed by atoms with van der Waals surface area (Å²) in [5.41, 5.74) is 2.69. The van der Waals surface area contributed by atoms with Gasteiger partial charge in [-0.2, -0.15) is 0 Å². The van der Waals surface area contributed by atoms with Crippen molar-refractivity contribution in [2.75, 3.05) is 14.1 Å². The number of hydrogen-bond donors (Lipinski definition) is 2. The number of H-pyrrole nitrogens is 1. The van der Waals surface area contributed by atoms with Gasteiger partial charge in [0.15, 0.2) is 5.43 Å². The molecule has 1 aromatic heterocycles. The van der Waals surface area contributed by atoms with Crippen LogP contribution in [0.25, 0.3) is 10.9 Å². The topological polar surface area (TPSA) is 65.2 Å². The maximum absolute atomic E-state index is 12.2. The number of likely N-dealkylation sites (N-methyl/N-ethyl adjacent to an activating group) is 2. The molecule has 1 amide bonds. The van der Waals surface area contributed by atoms with Crippen LogP contribution in [0.3, 0.4) is 0 Å². The van der Waals surface area contributed by atoms with Crippen LogP contribution in [-0.2, 0) is 11.3 Å². The van der Waals surface area contributed by atoms with Crippen molar-refractivity contribution in [1.82, 2.24) is 15.2 Å². The van der Waals surface area contributed by atoms with Gasteiger partial charge in [0.2, 0.25) is 5.91 Å². The molecule has 21 heavy (non-hydrogen) atoms. The number of carbonyl (C=O) groups excluding carboxylic acids is 1. The molecule has 0 spiro atoms. The number of nitrogens with one attached hydrogen (secondary N) is 2. The number of amides is 1. The number of nitrogens with zero attached hydrogens (tertiary/aromatic N) is 1. The second-order valence-electron chi connectivity index (χ2n) is 5.41. The first-order chi connectivity index (χ1) is 9.92. The van der Waals surface area contributed by atoms with Crippen LogP contribution in [0.1, 0.15) is 18.2 Å². The summed E-state index contributed by atoms with van der Waals surface area (Å²) in [6.45, 7) is 4.31. The fourth-order valence-electron chi connectivity index (χ4n) is 2.32. The Kier molecular flexibility index (Phi) is 4.43. The van der Waals surface area contributed by atoms with E-state index in [0.29, 0.717) is 11.9 Å². The quantitative estimate of drug-likeness (QED) is 0.893. The highest BCUT2D eigenvalue weighted by atomic mass is 16.2. The smallest absolute Gasteiger partial charge is 0.236 e. The Bertz CT molecular complexity index is 721. The van der Waals surface area contributed by atoms with E-state index in [1.807, 2.05) is 44.0 Å². The molecule has 0 aliphatic rings. The highest BCUT2D eigenvalue weighted by Crippen LogP contribution is 2.12. The largest absolute Gasteiger partial charge is 0.358 e. The summed E-state index contributed by atoms with van der Waals surface area (Å²) in [5.74, 6) is -0.0451. The molecule has 112 valence electrons. The predicted octanol–water partition coefficient (Wildman–Crippen LogP) is 1.40. The molecule has 2 rings (SSSR count). The van der Waals surface area contributed by atoms with Gasteiger partial charge in [0.1, 0.15) is 0 Å². The van der Waals surface area contributed by atoms with Gasteiger partial charge in [0, 0.05) is 36.3 Å². The normalized spacial score (nSPS) is 12.6. The second-order valence-corrected chi connectivity index (χ2v) is 5.41. The summed E-state index contributed by atoms with van der Waals surface area (Å²) >= 11 is 0. The van der Waals surface area contributed by atoms with E-state index in [9.17, 15) is 9.59 Å². The molecular weight excluding hydrogens is 266 g/mol. The first kappa shape index (κ1) is 15.3. The number of pyridine rings is 1. The number of aryl methyl sites for hydroxylation is 1. The summed E-state index contributed by atoms with van der Waals surface area (Å²) < 4.78 is 0. The van der Waals surface area contributed by atoms with E-state index in [1.165, 1.54) is 0 Å². The van der Waals surface area contributed by atoms with Crippen molar-refractivity contribution >= 4 is 16.8 Å². The van der Waals surface area contributed by atoms with Crippen molar-refractivity contribution in [3.8, 4) is 0 Å². The molecule has 0 aliphatic carbocycles. The SMILES string of the molecule is CNC(=O)[C@H](C)N(C)Cc1cc(=O)c2cc(C)ccc2[nH]1. The molecule has 2 aromatic rings. The standard InChI is InChI=1S/C16H21N3O2/c1-10-5-6-14-13(7-10)15(20)8-12(18-14)9-19(4)11(2)16(21)17-3/h5-8,11H,9H2,1-4H3,(H,17,21)(H,18,20)/t11-/m0/s1. The van der Waals surface area contributed by atoms with E-state index < -0.39 is 0 Å². The second kappa shape index (κ2) is 6.10. The van der Waals surface area contributed by atoms with E-state index in [0.717, 1.165) is 16.8 Å². The molecule has 0 unspecified atom stereocenters. The minimum atomic E-state index is -0.257. The van der Waals surface area contributed by atoms with Crippen molar-refractivity contribution in [3.63, 3.8) is 0 Å². The van der Waals surface area contributed by atoms with Crippen LogP contribution in [0, 0.1) is 6.92 Å². The molecule has 2 N–H and O–H groups in total. The average molecular weight is 287 g/mol. The Labute approximate surface area is 124 Å². The van der Waals surface area contributed by atoms with Gasteiger partial charge in [-0.15, -0.1) is 0 Å². The van der Waals surface area contributed by atoms with Gasteiger partial charge < -0.3 is 10.3 Å². The summed E-state index contributed by atoms with van der Waals surface area (Å²) in [6, 6.07) is 7.12. The molecule has 0 radical (unpaired) electrons. The van der Waals surface area contributed by atoms with Crippen LogP contribution in [0.15, 0.2) is 29.1 Å². The van der Waals surface area contributed by atoms with Crippen LogP contribution in [-0.4, -0.2) is 35.9 Å². The molecule has 1 atom stereocenters. The average Bonchev–Trinajstić information content (AvgIpc) is 2.46. The fourth-order valence-corrected chi connectivity index (χ4v) is 2.32. The number of hydrogen-bond acceptors (Lipinski definition) is 3. The molecule has 5 heteroatoms. The molecule has 1 heterocycles. The fraction of sp³-hybridized carbons (Fsp3) is 0.375. The van der Waals surface area contributed by atoms with Crippen LogP contribution in [0.5, 0.6) is 0 Å². The van der Waals surface area contributed by atoms with E-state index in [2.05, 4.69) is 10.3 Å². The Morgan fingerprint density at radius 1 is 1.38 bits per heavy atom. The lowest BCUT2D eigenvalue weighted by molar-refractivity contribution is -0.125. The number of benzene rings is 1. The number of carbonyl (C=O) groups is 1. The van der Waals surface area contributed by atoms with Crippen LogP contribution in [0.4, 0.5) is 0 Å².